The maximum absolute atomic E-state index is 12.4. The van der Waals surface area contributed by atoms with Crippen LogP contribution in [0.3, 0.4) is 0 Å². The number of amides is 2. The number of carboxylic acids is 1. The Bertz CT molecular complexity index is 404. The van der Waals surface area contributed by atoms with Crippen LogP contribution in [0.1, 0.15) is 19.3 Å². The van der Waals surface area contributed by atoms with Crippen LogP contribution in [0.5, 0.6) is 0 Å². The van der Waals surface area contributed by atoms with Gasteiger partial charge in [-0.3, -0.25) is 4.90 Å². The zero-order chi connectivity index (χ0) is 14.3. The molecule has 3 fully saturated rings. The lowest BCUT2D eigenvalue weighted by Crippen LogP contribution is -2.55. The summed E-state index contributed by atoms with van der Waals surface area (Å²) in [4.78, 5) is 29.0. The van der Waals surface area contributed by atoms with Crippen LogP contribution in [0.15, 0.2) is 0 Å². The standard InChI is InChI=1S/C13H21N3O4/c17-10-7-11(12(18)19)16(8-10)13(20)15-5-3-14(4-6-15)9-1-2-9/h9-11,17H,1-8H2,(H,18,19)/t10-,11+/m1/s1. The minimum absolute atomic E-state index is 0.124. The van der Waals surface area contributed by atoms with E-state index in [4.69, 9.17) is 5.11 Å². The molecule has 0 aromatic heterocycles. The molecular weight excluding hydrogens is 262 g/mol. The molecule has 0 radical (unpaired) electrons. The lowest BCUT2D eigenvalue weighted by Gasteiger charge is -2.37. The molecule has 0 aromatic rings. The highest BCUT2D eigenvalue weighted by Gasteiger charge is 2.41. The summed E-state index contributed by atoms with van der Waals surface area (Å²) in [5.41, 5.74) is 0. The number of aliphatic carboxylic acids is 1. The predicted molar refractivity (Wildman–Crippen MR) is 70.3 cm³/mol. The molecule has 20 heavy (non-hydrogen) atoms. The van der Waals surface area contributed by atoms with Crippen LogP contribution in [0.4, 0.5) is 4.79 Å². The average Bonchev–Trinajstić information content (AvgIpc) is 3.20. The van der Waals surface area contributed by atoms with E-state index in [1.54, 1.807) is 4.90 Å². The highest BCUT2D eigenvalue weighted by atomic mass is 16.4. The van der Waals surface area contributed by atoms with Gasteiger partial charge in [-0.25, -0.2) is 9.59 Å². The third-order valence-corrected chi connectivity index (χ3v) is 4.46. The second kappa shape index (κ2) is 5.21. The summed E-state index contributed by atoms with van der Waals surface area (Å²) in [6.45, 7) is 3.15. The lowest BCUT2D eigenvalue weighted by atomic mass is 10.2. The molecule has 7 heteroatoms. The van der Waals surface area contributed by atoms with Crippen LogP contribution in [0.2, 0.25) is 0 Å². The number of aliphatic hydroxyl groups is 1. The Morgan fingerprint density at radius 2 is 1.70 bits per heavy atom. The molecular formula is C13H21N3O4. The van der Waals surface area contributed by atoms with Crippen LogP contribution in [-0.2, 0) is 4.79 Å². The number of hydrogen-bond donors (Lipinski definition) is 2. The Labute approximate surface area is 117 Å². The Kier molecular flexibility index (Phi) is 3.55. The maximum atomic E-state index is 12.4. The number of piperazine rings is 1. The molecule has 2 aliphatic heterocycles. The summed E-state index contributed by atoms with van der Waals surface area (Å²) in [7, 11) is 0. The van der Waals surface area contributed by atoms with E-state index in [-0.39, 0.29) is 19.0 Å². The van der Waals surface area contributed by atoms with Gasteiger partial charge < -0.3 is 20.0 Å². The molecule has 0 bridgehead atoms. The van der Waals surface area contributed by atoms with Crippen molar-refractivity contribution in [1.29, 1.82) is 0 Å². The highest BCUT2D eigenvalue weighted by Crippen LogP contribution is 2.28. The van der Waals surface area contributed by atoms with Crippen LogP contribution >= 0.6 is 0 Å². The van der Waals surface area contributed by atoms with Gasteiger partial charge >= 0.3 is 12.0 Å². The lowest BCUT2D eigenvalue weighted by molar-refractivity contribution is -0.141. The molecule has 3 rings (SSSR count). The van der Waals surface area contributed by atoms with Crippen LogP contribution < -0.4 is 0 Å². The van der Waals surface area contributed by atoms with Gasteiger partial charge in [0.2, 0.25) is 0 Å². The zero-order valence-electron chi connectivity index (χ0n) is 11.4. The first-order chi connectivity index (χ1) is 9.56. The van der Waals surface area contributed by atoms with Gasteiger partial charge in [0.25, 0.3) is 0 Å². The number of β-amino-alcohol motifs (C(OH)–C–C–N with tert-alkyl or cyclic N) is 1. The van der Waals surface area contributed by atoms with Crippen molar-refractivity contribution in [3.8, 4) is 0 Å². The van der Waals surface area contributed by atoms with Crippen molar-refractivity contribution in [3.05, 3.63) is 0 Å². The number of hydrogen-bond acceptors (Lipinski definition) is 4. The molecule has 3 aliphatic rings. The number of carboxylic acid groups (broad SMARTS) is 1. The number of nitrogens with zero attached hydrogens (tertiary/aromatic N) is 3. The van der Waals surface area contributed by atoms with Crippen molar-refractivity contribution in [2.75, 3.05) is 32.7 Å². The Hall–Kier alpha value is -1.34. The van der Waals surface area contributed by atoms with Crippen molar-refractivity contribution in [1.82, 2.24) is 14.7 Å². The molecule has 1 saturated carbocycles. The van der Waals surface area contributed by atoms with Crippen molar-refractivity contribution in [2.45, 2.75) is 37.5 Å². The molecule has 2 N–H and O–H groups in total. The first kappa shape index (κ1) is 13.6. The van der Waals surface area contributed by atoms with E-state index in [9.17, 15) is 14.7 Å². The molecule has 2 atom stereocenters. The highest BCUT2D eigenvalue weighted by molar-refractivity contribution is 5.83. The number of aliphatic hydroxyl groups excluding tert-OH is 1. The summed E-state index contributed by atoms with van der Waals surface area (Å²) in [6, 6.07) is -0.434. The zero-order valence-corrected chi connectivity index (χ0v) is 11.4. The molecule has 7 nitrogen and oxygen atoms in total. The average molecular weight is 283 g/mol. The second-order valence-electron chi connectivity index (χ2n) is 5.93. The van der Waals surface area contributed by atoms with E-state index in [0.29, 0.717) is 19.1 Å². The number of carbonyl (C=O) groups is 2. The van der Waals surface area contributed by atoms with Gasteiger partial charge in [-0.1, -0.05) is 0 Å². The molecule has 2 amide bonds. The molecule has 2 saturated heterocycles. The smallest absolute Gasteiger partial charge is 0.326 e. The van der Waals surface area contributed by atoms with E-state index in [1.807, 2.05) is 0 Å². The molecule has 112 valence electrons. The maximum Gasteiger partial charge on any atom is 0.326 e. The van der Waals surface area contributed by atoms with Gasteiger partial charge in [0.15, 0.2) is 0 Å². The summed E-state index contributed by atoms with van der Waals surface area (Å²) in [5.74, 6) is -1.04. The monoisotopic (exact) mass is 283 g/mol. The van der Waals surface area contributed by atoms with Crippen LogP contribution in [0, 0.1) is 0 Å². The Balaban J connectivity index is 1.59. The van der Waals surface area contributed by atoms with E-state index < -0.39 is 18.1 Å². The number of carbonyl (C=O) groups excluding carboxylic acids is 1. The third-order valence-electron chi connectivity index (χ3n) is 4.46. The van der Waals surface area contributed by atoms with Crippen LogP contribution in [-0.4, -0.2) is 87.8 Å². The Morgan fingerprint density at radius 1 is 1.05 bits per heavy atom. The SMILES string of the molecule is O=C(O)[C@@H]1C[C@@H](O)CN1C(=O)N1CCN(C2CC2)CC1. The molecule has 0 aromatic carbocycles. The minimum atomic E-state index is -1.04. The van der Waals surface area contributed by atoms with Gasteiger partial charge in [-0.15, -0.1) is 0 Å². The van der Waals surface area contributed by atoms with Crippen LogP contribution in [0.25, 0.3) is 0 Å². The van der Waals surface area contributed by atoms with E-state index in [2.05, 4.69) is 4.90 Å². The van der Waals surface area contributed by atoms with Crippen molar-refractivity contribution >= 4 is 12.0 Å². The third kappa shape index (κ3) is 2.60. The fourth-order valence-electron chi connectivity index (χ4n) is 3.16. The number of likely N-dealkylation sites (tertiary alicyclic amines) is 1. The summed E-state index contributed by atoms with van der Waals surface area (Å²) in [6.07, 6.45) is 1.91. The van der Waals surface area contributed by atoms with Crippen molar-refractivity contribution in [3.63, 3.8) is 0 Å². The van der Waals surface area contributed by atoms with Gasteiger partial charge in [0.05, 0.1) is 6.10 Å². The van der Waals surface area contributed by atoms with Crippen molar-refractivity contribution in [2.24, 2.45) is 0 Å². The second-order valence-corrected chi connectivity index (χ2v) is 5.93. The minimum Gasteiger partial charge on any atom is -0.480 e. The molecule has 0 unspecified atom stereocenters. The molecule has 0 spiro atoms. The van der Waals surface area contributed by atoms with Gasteiger partial charge in [-0.05, 0) is 12.8 Å². The first-order valence-electron chi connectivity index (χ1n) is 7.26. The molecule has 2 heterocycles. The topological polar surface area (TPSA) is 84.3 Å². The summed E-state index contributed by atoms with van der Waals surface area (Å²) < 4.78 is 0. The molecule has 1 aliphatic carbocycles. The number of urea groups is 1. The predicted octanol–water partition coefficient (Wildman–Crippen LogP) is -0.594. The van der Waals surface area contributed by atoms with E-state index >= 15 is 0 Å². The quantitative estimate of drug-likeness (QED) is 0.707. The first-order valence-corrected chi connectivity index (χ1v) is 7.26. The largest absolute Gasteiger partial charge is 0.480 e. The summed E-state index contributed by atoms with van der Waals surface area (Å²) >= 11 is 0. The normalized spacial score (nSPS) is 31.6. The van der Waals surface area contributed by atoms with Gasteiger partial charge in [0.1, 0.15) is 6.04 Å². The fourth-order valence-corrected chi connectivity index (χ4v) is 3.16. The van der Waals surface area contributed by atoms with Gasteiger partial charge in [-0.2, -0.15) is 0 Å². The fraction of sp³-hybridized carbons (Fsp3) is 0.846. The van der Waals surface area contributed by atoms with E-state index in [1.165, 1.54) is 17.7 Å². The van der Waals surface area contributed by atoms with Crippen molar-refractivity contribution < 1.29 is 19.8 Å². The Morgan fingerprint density at radius 3 is 2.25 bits per heavy atom. The number of rotatable bonds is 2. The van der Waals surface area contributed by atoms with Gasteiger partial charge in [0, 0.05) is 45.2 Å². The summed E-state index contributed by atoms with van der Waals surface area (Å²) in [5, 5.41) is 18.7. The van der Waals surface area contributed by atoms with E-state index in [0.717, 1.165) is 13.1 Å².